The van der Waals surface area contributed by atoms with Gasteiger partial charge < -0.3 is 5.73 Å². The molecule has 0 saturated carbocycles. The first-order valence-electron chi connectivity index (χ1n) is 5.76. The Balaban J connectivity index is 2.79. The van der Waals surface area contributed by atoms with E-state index in [2.05, 4.69) is 0 Å². The van der Waals surface area contributed by atoms with Crippen molar-refractivity contribution in [2.24, 2.45) is 0 Å². The molecule has 102 valence electrons. The predicted octanol–water partition coefficient (Wildman–Crippen LogP) is 3.17. The number of rotatable bonds is 5. The molecule has 0 amide bonds. The normalized spacial score (nSPS) is 10.8. The summed E-state index contributed by atoms with van der Waals surface area (Å²) in [5, 5.41) is 10.9. The Bertz CT molecular complexity index is 527. The van der Waals surface area contributed by atoms with Gasteiger partial charge in [0.2, 0.25) is 0 Å². The summed E-state index contributed by atoms with van der Waals surface area (Å²) in [5.41, 5.74) is 7.78. The maximum atomic E-state index is 10.8. The van der Waals surface area contributed by atoms with Crippen molar-refractivity contribution in [3.05, 3.63) is 39.4 Å². The van der Waals surface area contributed by atoms with Crippen LogP contribution in [0.15, 0.2) is 18.2 Å². The Labute approximate surface area is 116 Å². The van der Waals surface area contributed by atoms with Crippen molar-refractivity contribution in [1.29, 1.82) is 0 Å². The number of benzene rings is 1. The van der Waals surface area contributed by atoms with Crippen molar-refractivity contribution < 1.29 is 9.72 Å². The van der Waals surface area contributed by atoms with Crippen LogP contribution < -0.4 is 5.73 Å². The third-order valence-electron chi connectivity index (χ3n) is 2.50. The number of hydrogen-bond acceptors (Lipinski definition) is 5. The summed E-state index contributed by atoms with van der Waals surface area (Å²) in [6.45, 7) is 3.27. The van der Waals surface area contributed by atoms with Crippen LogP contribution in [0.5, 0.6) is 0 Å². The standard InChI is InChI=1S/C13H16N2O3S/c1-9-7-12(15(17)18)8-11(13(9)14)5-3-4-6-19-10(2)16/h3,5,7-8H,4,6,14H2,1-2H3. The number of hydrogen-bond donors (Lipinski definition) is 1. The van der Waals surface area contributed by atoms with Crippen molar-refractivity contribution in [3.8, 4) is 0 Å². The van der Waals surface area contributed by atoms with Crippen LogP contribution >= 0.6 is 11.8 Å². The molecule has 0 bridgehead atoms. The molecule has 1 aromatic carbocycles. The second-order valence-electron chi connectivity index (χ2n) is 4.05. The highest BCUT2D eigenvalue weighted by Gasteiger charge is 2.10. The van der Waals surface area contributed by atoms with Gasteiger partial charge in [-0.15, -0.1) is 0 Å². The SMILES string of the molecule is CC(=O)SCCC=Cc1cc([N+](=O)[O-])cc(C)c1N. The molecular weight excluding hydrogens is 264 g/mol. The molecule has 0 aliphatic rings. The first kappa shape index (κ1) is 15.2. The molecule has 0 radical (unpaired) electrons. The van der Waals surface area contributed by atoms with Gasteiger partial charge in [-0.25, -0.2) is 0 Å². The summed E-state index contributed by atoms with van der Waals surface area (Å²) in [5.74, 6) is 0.694. The maximum absolute atomic E-state index is 10.8. The molecule has 0 aliphatic heterocycles. The Morgan fingerprint density at radius 1 is 1.53 bits per heavy atom. The molecule has 0 heterocycles. The third-order valence-corrected chi connectivity index (χ3v) is 3.35. The van der Waals surface area contributed by atoms with E-state index in [4.69, 9.17) is 5.73 Å². The van der Waals surface area contributed by atoms with E-state index >= 15 is 0 Å². The van der Waals surface area contributed by atoms with Gasteiger partial charge in [-0.2, -0.15) is 0 Å². The number of nitro benzene ring substituents is 1. The van der Waals surface area contributed by atoms with E-state index < -0.39 is 4.92 Å². The zero-order chi connectivity index (χ0) is 14.4. The van der Waals surface area contributed by atoms with Crippen LogP contribution in [0.3, 0.4) is 0 Å². The first-order valence-corrected chi connectivity index (χ1v) is 6.74. The topological polar surface area (TPSA) is 86.2 Å². The molecule has 0 unspecified atom stereocenters. The molecule has 0 spiro atoms. The van der Waals surface area contributed by atoms with Crippen molar-refractivity contribution in [2.45, 2.75) is 20.3 Å². The van der Waals surface area contributed by atoms with E-state index in [1.807, 2.05) is 6.08 Å². The van der Waals surface area contributed by atoms with Crippen molar-refractivity contribution in [2.75, 3.05) is 11.5 Å². The highest BCUT2D eigenvalue weighted by molar-refractivity contribution is 8.13. The van der Waals surface area contributed by atoms with E-state index in [1.165, 1.54) is 30.8 Å². The van der Waals surface area contributed by atoms with E-state index in [0.717, 1.165) is 0 Å². The van der Waals surface area contributed by atoms with Gasteiger partial charge in [-0.3, -0.25) is 14.9 Å². The summed E-state index contributed by atoms with van der Waals surface area (Å²) in [4.78, 5) is 21.1. The highest BCUT2D eigenvalue weighted by Crippen LogP contribution is 2.25. The fourth-order valence-electron chi connectivity index (χ4n) is 1.53. The Morgan fingerprint density at radius 2 is 2.21 bits per heavy atom. The number of nitro groups is 1. The van der Waals surface area contributed by atoms with E-state index in [1.54, 1.807) is 13.0 Å². The molecule has 0 aromatic heterocycles. The van der Waals surface area contributed by atoms with Gasteiger partial charge in [0.15, 0.2) is 5.12 Å². The van der Waals surface area contributed by atoms with Gasteiger partial charge in [0.1, 0.15) is 0 Å². The van der Waals surface area contributed by atoms with Crippen molar-refractivity contribution in [1.82, 2.24) is 0 Å². The fourth-order valence-corrected chi connectivity index (χ4v) is 2.07. The summed E-state index contributed by atoms with van der Waals surface area (Å²) in [6.07, 6.45) is 4.34. The fraction of sp³-hybridized carbons (Fsp3) is 0.308. The molecule has 0 atom stereocenters. The van der Waals surface area contributed by atoms with Gasteiger partial charge in [-0.05, 0) is 18.9 Å². The number of nitrogens with two attached hydrogens (primary N) is 1. The molecule has 2 N–H and O–H groups in total. The van der Waals surface area contributed by atoms with Crippen molar-refractivity contribution >= 4 is 34.3 Å². The minimum Gasteiger partial charge on any atom is -0.398 e. The molecule has 1 aromatic rings. The highest BCUT2D eigenvalue weighted by atomic mass is 32.2. The average Bonchev–Trinajstić information content (AvgIpc) is 2.33. The lowest BCUT2D eigenvalue weighted by Crippen LogP contribution is -1.97. The molecule has 1 rings (SSSR count). The number of nitrogens with zero attached hydrogens (tertiary/aromatic N) is 1. The number of thioether (sulfide) groups is 1. The lowest BCUT2D eigenvalue weighted by Gasteiger charge is -2.04. The van der Waals surface area contributed by atoms with Gasteiger partial charge >= 0.3 is 0 Å². The predicted molar refractivity (Wildman–Crippen MR) is 79.0 cm³/mol. The zero-order valence-electron chi connectivity index (χ0n) is 10.9. The minimum absolute atomic E-state index is 0.0319. The van der Waals surface area contributed by atoms with Crippen LogP contribution in [0.4, 0.5) is 11.4 Å². The van der Waals surface area contributed by atoms with Crippen LogP contribution in [0.2, 0.25) is 0 Å². The zero-order valence-corrected chi connectivity index (χ0v) is 11.7. The summed E-state index contributed by atoms with van der Waals surface area (Å²) >= 11 is 1.25. The molecule has 0 aliphatic carbocycles. The van der Waals surface area contributed by atoms with E-state index in [9.17, 15) is 14.9 Å². The number of nitrogen functional groups attached to an aromatic ring is 1. The molecule has 19 heavy (non-hydrogen) atoms. The Hall–Kier alpha value is -1.82. The number of aryl methyl sites for hydroxylation is 1. The van der Waals surface area contributed by atoms with Gasteiger partial charge in [-0.1, -0.05) is 23.9 Å². The number of carbonyl (C=O) groups excluding carboxylic acids is 1. The molecule has 0 saturated heterocycles. The number of carbonyl (C=O) groups is 1. The summed E-state index contributed by atoms with van der Waals surface area (Å²) < 4.78 is 0. The Kier molecular flexibility index (Phi) is 5.57. The van der Waals surface area contributed by atoms with Crippen molar-refractivity contribution in [3.63, 3.8) is 0 Å². The van der Waals surface area contributed by atoms with Crippen LogP contribution in [-0.2, 0) is 4.79 Å². The van der Waals surface area contributed by atoms with Gasteiger partial charge in [0.05, 0.1) is 4.92 Å². The maximum Gasteiger partial charge on any atom is 0.270 e. The van der Waals surface area contributed by atoms with E-state index in [0.29, 0.717) is 29.0 Å². The minimum atomic E-state index is -0.435. The number of non-ortho nitro benzene ring substituents is 1. The Morgan fingerprint density at radius 3 is 2.79 bits per heavy atom. The lowest BCUT2D eigenvalue weighted by atomic mass is 10.1. The van der Waals surface area contributed by atoms with Crippen LogP contribution in [0.1, 0.15) is 24.5 Å². The molecular formula is C13H16N2O3S. The van der Waals surface area contributed by atoms with Crippen LogP contribution in [-0.4, -0.2) is 15.8 Å². The first-order chi connectivity index (χ1) is 8.91. The van der Waals surface area contributed by atoms with Gasteiger partial charge in [0.25, 0.3) is 5.69 Å². The second kappa shape index (κ2) is 6.94. The largest absolute Gasteiger partial charge is 0.398 e. The average molecular weight is 280 g/mol. The molecule has 6 heteroatoms. The number of anilines is 1. The van der Waals surface area contributed by atoms with E-state index in [-0.39, 0.29) is 10.8 Å². The quantitative estimate of drug-likeness (QED) is 0.387. The smallest absolute Gasteiger partial charge is 0.270 e. The van der Waals surface area contributed by atoms with Crippen LogP contribution in [0.25, 0.3) is 6.08 Å². The number of allylic oxidation sites excluding steroid dienone is 1. The lowest BCUT2D eigenvalue weighted by molar-refractivity contribution is -0.384. The van der Waals surface area contributed by atoms with Gasteiger partial charge in [0, 0.05) is 36.1 Å². The molecule has 5 nitrogen and oxygen atoms in total. The summed E-state index contributed by atoms with van der Waals surface area (Å²) in [7, 11) is 0. The summed E-state index contributed by atoms with van der Waals surface area (Å²) in [6, 6.07) is 2.91. The molecule has 0 fully saturated rings. The van der Waals surface area contributed by atoms with Crippen LogP contribution in [0, 0.1) is 17.0 Å². The second-order valence-corrected chi connectivity index (χ2v) is 5.33. The third kappa shape index (κ3) is 4.75. The monoisotopic (exact) mass is 280 g/mol.